The summed E-state index contributed by atoms with van der Waals surface area (Å²) in [4.78, 5) is 11.8. The molecule has 0 aromatic rings. The molecule has 2 unspecified atom stereocenters. The first-order chi connectivity index (χ1) is 6.27. The second-order valence-corrected chi connectivity index (χ2v) is 6.47. The monoisotopic (exact) mass is 310 g/mol. The number of hydrogen-bond acceptors (Lipinski definition) is 2. The lowest BCUT2D eigenvalue weighted by atomic mass is 9.77. The molecule has 1 aliphatic rings. The number of alkyl halides is 1. The number of rotatable bonds is 1. The van der Waals surface area contributed by atoms with E-state index >= 15 is 0 Å². The van der Waals surface area contributed by atoms with Crippen LogP contribution < -0.4 is 0 Å². The van der Waals surface area contributed by atoms with Gasteiger partial charge in [0.2, 0.25) is 0 Å². The smallest absolute Gasteiger partial charge is 0.310 e. The van der Waals surface area contributed by atoms with Crippen molar-refractivity contribution >= 4 is 28.6 Å². The van der Waals surface area contributed by atoms with Gasteiger partial charge in [0, 0.05) is 9.84 Å². The van der Waals surface area contributed by atoms with Gasteiger partial charge in [-0.2, -0.15) is 0 Å². The molecular formula is C11H19IO2. The second kappa shape index (κ2) is 3.99. The predicted octanol–water partition coefficient (Wildman–Crippen LogP) is 3.03. The molecule has 0 saturated carbocycles. The van der Waals surface area contributed by atoms with Crippen LogP contribution in [0.2, 0.25) is 0 Å². The maximum Gasteiger partial charge on any atom is 0.310 e. The molecule has 1 fully saturated rings. The highest BCUT2D eigenvalue weighted by Crippen LogP contribution is 2.41. The van der Waals surface area contributed by atoms with E-state index in [1.54, 1.807) is 0 Å². The Bertz CT molecular complexity index is 235. The zero-order valence-corrected chi connectivity index (χ0v) is 11.7. The maximum absolute atomic E-state index is 11.8. The molecule has 2 nitrogen and oxygen atoms in total. The molecule has 3 atom stereocenters. The third-order valence-corrected chi connectivity index (χ3v) is 5.12. The van der Waals surface area contributed by atoms with Crippen LogP contribution in [0.4, 0.5) is 0 Å². The van der Waals surface area contributed by atoms with Crippen molar-refractivity contribution in [1.82, 2.24) is 0 Å². The molecule has 1 rings (SSSR count). The largest absolute Gasteiger partial charge is 0.459 e. The third kappa shape index (κ3) is 2.07. The molecule has 0 bridgehead atoms. The molecule has 0 aliphatic carbocycles. The minimum absolute atomic E-state index is 0.0255. The van der Waals surface area contributed by atoms with Crippen molar-refractivity contribution in [1.29, 1.82) is 0 Å². The predicted molar refractivity (Wildman–Crippen MR) is 65.5 cm³/mol. The Labute approximate surface area is 99.9 Å². The minimum atomic E-state index is -0.311. The summed E-state index contributed by atoms with van der Waals surface area (Å²) in [5.41, 5.74) is -0.311. The first-order valence-corrected chi connectivity index (χ1v) is 6.39. The van der Waals surface area contributed by atoms with Crippen LogP contribution in [0, 0.1) is 17.8 Å². The van der Waals surface area contributed by atoms with Gasteiger partial charge in [-0.05, 0) is 19.8 Å². The Morgan fingerprint density at radius 1 is 1.43 bits per heavy atom. The number of halogens is 1. The van der Waals surface area contributed by atoms with Crippen molar-refractivity contribution < 1.29 is 9.53 Å². The van der Waals surface area contributed by atoms with Crippen LogP contribution in [0.15, 0.2) is 0 Å². The normalized spacial score (nSPS) is 37.1. The zero-order valence-electron chi connectivity index (χ0n) is 9.50. The number of esters is 1. The van der Waals surface area contributed by atoms with E-state index in [0.717, 1.165) is 0 Å². The van der Waals surface area contributed by atoms with Gasteiger partial charge < -0.3 is 4.74 Å². The molecule has 1 aliphatic heterocycles. The number of ether oxygens (including phenoxy) is 1. The zero-order chi connectivity index (χ0) is 11.1. The van der Waals surface area contributed by atoms with Gasteiger partial charge in [0.1, 0.15) is 5.60 Å². The third-order valence-electron chi connectivity index (χ3n) is 3.27. The summed E-state index contributed by atoms with van der Waals surface area (Å²) in [6.07, 6.45) is 0. The summed E-state index contributed by atoms with van der Waals surface area (Å²) in [6.45, 7) is 10.3. The molecule has 0 spiro atoms. The number of carbonyl (C=O) groups is 1. The molecule has 82 valence electrons. The summed E-state index contributed by atoms with van der Waals surface area (Å²) < 4.78 is 5.87. The first-order valence-electron chi connectivity index (χ1n) is 5.14. The molecule has 0 aromatic heterocycles. The van der Waals surface area contributed by atoms with E-state index in [1.165, 1.54) is 0 Å². The molecule has 0 radical (unpaired) electrons. The van der Waals surface area contributed by atoms with E-state index in [0.29, 0.717) is 15.8 Å². The Kier molecular flexibility index (Phi) is 3.49. The Balaban J connectivity index is 2.91. The Hall–Kier alpha value is 0.200. The van der Waals surface area contributed by atoms with E-state index in [9.17, 15) is 4.79 Å². The van der Waals surface area contributed by atoms with Crippen LogP contribution in [0.1, 0.15) is 34.6 Å². The van der Waals surface area contributed by atoms with Crippen LogP contribution in [-0.2, 0) is 9.53 Å². The van der Waals surface area contributed by atoms with Crippen LogP contribution >= 0.6 is 22.6 Å². The fourth-order valence-electron chi connectivity index (χ4n) is 1.88. The van der Waals surface area contributed by atoms with E-state index in [1.807, 2.05) is 13.8 Å². The lowest BCUT2D eigenvalue weighted by molar-refractivity contribution is -0.178. The van der Waals surface area contributed by atoms with Gasteiger partial charge in [-0.25, -0.2) is 0 Å². The van der Waals surface area contributed by atoms with Crippen LogP contribution in [0.3, 0.4) is 0 Å². The van der Waals surface area contributed by atoms with E-state index < -0.39 is 0 Å². The summed E-state index contributed by atoms with van der Waals surface area (Å²) in [6, 6.07) is 0. The molecule has 0 amide bonds. The lowest BCUT2D eigenvalue weighted by Crippen LogP contribution is -2.52. The van der Waals surface area contributed by atoms with Crippen molar-refractivity contribution in [2.24, 2.45) is 17.8 Å². The number of hydrogen-bond donors (Lipinski definition) is 0. The molecule has 14 heavy (non-hydrogen) atoms. The average Bonchev–Trinajstić information content (AvgIpc) is 1.98. The van der Waals surface area contributed by atoms with Gasteiger partial charge in [0.15, 0.2) is 0 Å². The summed E-state index contributed by atoms with van der Waals surface area (Å²) in [7, 11) is 0. The van der Waals surface area contributed by atoms with Gasteiger partial charge in [0.05, 0.1) is 5.92 Å². The fraction of sp³-hybridized carbons (Fsp3) is 0.909. The SMILES string of the molecule is CC(C)C1C(=O)OC(C)(C)[C@H](C)C1I. The maximum atomic E-state index is 11.8. The highest BCUT2D eigenvalue weighted by molar-refractivity contribution is 14.1. The van der Waals surface area contributed by atoms with Crippen LogP contribution in [0.5, 0.6) is 0 Å². The van der Waals surface area contributed by atoms with Gasteiger partial charge >= 0.3 is 5.97 Å². The number of cyclic esters (lactones) is 1. The molecular weight excluding hydrogens is 291 g/mol. The quantitative estimate of drug-likeness (QED) is 0.423. The standard InChI is InChI=1S/C11H19IO2/c1-6(2)8-9(12)7(3)11(4,5)14-10(8)13/h6-9H,1-5H3/t7-,8?,9?/m1/s1. The van der Waals surface area contributed by atoms with Crippen molar-refractivity contribution in [3.8, 4) is 0 Å². The van der Waals surface area contributed by atoms with Gasteiger partial charge in [0.25, 0.3) is 0 Å². The van der Waals surface area contributed by atoms with Crippen molar-refractivity contribution in [3.63, 3.8) is 0 Å². The highest BCUT2D eigenvalue weighted by Gasteiger charge is 2.47. The van der Waals surface area contributed by atoms with Crippen LogP contribution in [-0.4, -0.2) is 15.5 Å². The average molecular weight is 310 g/mol. The Morgan fingerprint density at radius 2 is 1.93 bits per heavy atom. The first kappa shape index (κ1) is 12.3. The van der Waals surface area contributed by atoms with Gasteiger partial charge in [-0.3, -0.25) is 4.79 Å². The molecule has 0 aromatic carbocycles. The highest BCUT2D eigenvalue weighted by atomic mass is 127. The van der Waals surface area contributed by atoms with Crippen LogP contribution in [0.25, 0.3) is 0 Å². The molecule has 1 heterocycles. The minimum Gasteiger partial charge on any atom is -0.459 e. The Morgan fingerprint density at radius 3 is 2.36 bits per heavy atom. The van der Waals surface area contributed by atoms with E-state index in [2.05, 4.69) is 43.4 Å². The van der Waals surface area contributed by atoms with E-state index in [4.69, 9.17) is 4.74 Å². The second-order valence-electron chi connectivity index (χ2n) is 5.03. The summed E-state index contributed by atoms with van der Waals surface area (Å²) in [5, 5.41) is 0. The molecule has 3 heteroatoms. The molecule has 0 N–H and O–H groups in total. The van der Waals surface area contributed by atoms with Crippen molar-refractivity contribution in [2.75, 3.05) is 0 Å². The molecule has 1 saturated heterocycles. The fourth-order valence-corrected chi connectivity index (χ4v) is 3.87. The topological polar surface area (TPSA) is 26.3 Å². The van der Waals surface area contributed by atoms with Crippen molar-refractivity contribution in [3.05, 3.63) is 0 Å². The van der Waals surface area contributed by atoms with Crippen molar-refractivity contribution in [2.45, 2.75) is 44.1 Å². The van der Waals surface area contributed by atoms with Gasteiger partial charge in [-0.1, -0.05) is 43.4 Å². The lowest BCUT2D eigenvalue weighted by Gasteiger charge is -2.44. The summed E-state index contributed by atoms with van der Waals surface area (Å²) >= 11 is 2.40. The summed E-state index contributed by atoms with van der Waals surface area (Å²) in [5.74, 6) is 0.803. The van der Waals surface area contributed by atoms with E-state index in [-0.39, 0.29) is 17.5 Å². The van der Waals surface area contributed by atoms with Gasteiger partial charge in [-0.15, -0.1) is 0 Å². The number of carbonyl (C=O) groups excluding carboxylic acids is 1.